The third kappa shape index (κ3) is 5.58. The van der Waals surface area contributed by atoms with E-state index < -0.39 is 6.10 Å². The molecule has 0 aromatic rings. The summed E-state index contributed by atoms with van der Waals surface area (Å²) < 4.78 is 0. The zero-order valence-corrected chi connectivity index (χ0v) is 8.03. The van der Waals surface area contributed by atoms with Crippen molar-refractivity contribution in [1.82, 2.24) is 0 Å². The molecule has 1 atom stereocenters. The molecule has 0 fully saturated rings. The smallest absolute Gasteiger partial charge is 0.0772 e. The van der Waals surface area contributed by atoms with Crippen LogP contribution in [0.2, 0.25) is 0 Å². The van der Waals surface area contributed by atoms with Crippen molar-refractivity contribution in [2.24, 2.45) is 0 Å². The summed E-state index contributed by atoms with van der Waals surface area (Å²) in [5.74, 6) is 0. The lowest BCUT2D eigenvalue weighted by Gasteiger charge is -2.11. The van der Waals surface area contributed by atoms with Crippen molar-refractivity contribution >= 4 is 0 Å². The molecule has 0 amide bonds. The number of hydrogen-bond donors (Lipinski definition) is 3. The van der Waals surface area contributed by atoms with Gasteiger partial charge in [0.15, 0.2) is 0 Å². The van der Waals surface area contributed by atoms with E-state index in [2.05, 4.69) is 6.58 Å². The van der Waals surface area contributed by atoms with Crippen LogP contribution < -0.4 is 0 Å². The fraction of sp³-hybridized carbons (Fsp3) is 0.600. The fourth-order valence-corrected chi connectivity index (χ4v) is 0.932. The average Bonchev–Trinajstić information content (AvgIpc) is 2.13. The van der Waals surface area contributed by atoms with Gasteiger partial charge in [0.05, 0.1) is 19.3 Å². The Morgan fingerprint density at radius 1 is 1.46 bits per heavy atom. The highest BCUT2D eigenvalue weighted by Crippen LogP contribution is 2.11. The Hall–Kier alpha value is -0.640. The molecule has 1 unspecified atom stereocenters. The first-order chi connectivity index (χ1) is 6.11. The van der Waals surface area contributed by atoms with Crippen molar-refractivity contribution in [3.05, 3.63) is 23.8 Å². The lowest BCUT2D eigenvalue weighted by atomic mass is 10.0. The molecule has 76 valence electrons. The van der Waals surface area contributed by atoms with Gasteiger partial charge in [0, 0.05) is 0 Å². The normalized spacial score (nSPS) is 14.3. The van der Waals surface area contributed by atoms with Gasteiger partial charge in [-0.3, -0.25) is 0 Å². The summed E-state index contributed by atoms with van der Waals surface area (Å²) in [6.45, 7) is 5.28. The highest BCUT2D eigenvalue weighted by atomic mass is 16.3. The first-order valence-electron chi connectivity index (χ1n) is 4.35. The molecule has 3 nitrogen and oxygen atoms in total. The molecule has 0 aliphatic heterocycles. The third-order valence-corrected chi connectivity index (χ3v) is 1.93. The first-order valence-corrected chi connectivity index (χ1v) is 4.35. The zero-order valence-electron chi connectivity index (χ0n) is 8.03. The zero-order chi connectivity index (χ0) is 10.3. The molecule has 3 heteroatoms. The second kappa shape index (κ2) is 6.83. The maximum Gasteiger partial charge on any atom is 0.0772 e. The monoisotopic (exact) mass is 186 g/mol. The van der Waals surface area contributed by atoms with Crippen LogP contribution in [-0.4, -0.2) is 34.6 Å². The van der Waals surface area contributed by atoms with E-state index in [9.17, 15) is 5.11 Å². The second-order valence-corrected chi connectivity index (χ2v) is 3.10. The van der Waals surface area contributed by atoms with Crippen LogP contribution in [-0.2, 0) is 0 Å². The lowest BCUT2D eigenvalue weighted by molar-refractivity contribution is 0.179. The summed E-state index contributed by atoms with van der Waals surface area (Å²) >= 11 is 0. The molecule has 0 radical (unpaired) electrons. The fourth-order valence-electron chi connectivity index (χ4n) is 0.932. The molecule has 13 heavy (non-hydrogen) atoms. The molecule has 0 spiro atoms. The largest absolute Gasteiger partial charge is 0.392 e. The van der Waals surface area contributed by atoms with E-state index in [1.807, 2.05) is 6.92 Å². The van der Waals surface area contributed by atoms with Crippen molar-refractivity contribution in [3.8, 4) is 0 Å². The van der Waals surface area contributed by atoms with Crippen LogP contribution in [0.3, 0.4) is 0 Å². The van der Waals surface area contributed by atoms with E-state index in [1.54, 1.807) is 6.08 Å². The molecule has 0 bridgehead atoms. The van der Waals surface area contributed by atoms with E-state index in [-0.39, 0.29) is 13.2 Å². The number of rotatable bonds is 6. The van der Waals surface area contributed by atoms with Crippen molar-refractivity contribution in [2.75, 3.05) is 13.2 Å². The van der Waals surface area contributed by atoms with Gasteiger partial charge in [0.25, 0.3) is 0 Å². The van der Waals surface area contributed by atoms with Crippen LogP contribution in [0, 0.1) is 0 Å². The van der Waals surface area contributed by atoms with E-state index in [4.69, 9.17) is 10.2 Å². The number of hydrogen-bond acceptors (Lipinski definition) is 3. The van der Waals surface area contributed by atoms with Crippen LogP contribution in [0.1, 0.15) is 19.8 Å². The Morgan fingerprint density at radius 2 is 2.08 bits per heavy atom. The molecule has 0 heterocycles. The molecule has 3 N–H and O–H groups in total. The van der Waals surface area contributed by atoms with E-state index in [0.717, 1.165) is 5.57 Å². The predicted octanol–water partition coefficient (Wildman–Crippen LogP) is 0.615. The van der Waals surface area contributed by atoms with Crippen LogP contribution in [0.25, 0.3) is 0 Å². The van der Waals surface area contributed by atoms with Crippen molar-refractivity contribution in [2.45, 2.75) is 25.9 Å². The Labute approximate surface area is 79.0 Å². The van der Waals surface area contributed by atoms with Crippen LogP contribution in [0.5, 0.6) is 0 Å². The maximum atomic E-state index is 9.39. The van der Waals surface area contributed by atoms with E-state index in [1.165, 1.54) is 0 Å². The quantitative estimate of drug-likeness (QED) is 0.533. The van der Waals surface area contributed by atoms with Gasteiger partial charge < -0.3 is 15.3 Å². The van der Waals surface area contributed by atoms with Crippen LogP contribution in [0.4, 0.5) is 0 Å². The Bertz CT molecular complexity index is 185. The Morgan fingerprint density at radius 3 is 2.54 bits per heavy atom. The van der Waals surface area contributed by atoms with Gasteiger partial charge >= 0.3 is 0 Å². The Kier molecular flexibility index (Phi) is 6.49. The topological polar surface area (TPSA) is 60.7 Å². The predicted molar refractivity (Wildman–Crippen MR) is 52.3 cm³/mol. The minimum absolute atomic E-state index is 0.0306. The average molecular weight is 186 g/mol. The molecule has 0 saturated carbocycles. The SMILES string of the molecule is C=C(CO)C(O)CC/C(C)=C/CO. The highest BCUT2D eigenvalue weighted by molar-refractivity contribution is 5.04. The van der Waals surface area contributed by atoms with Gasteiger partial charge in [0.1, 0.15) is 0 Å². The van der Waals surface area contributed by atoms with Crippen molar-refractivity contribution in [1.29, 1.82) is 0 Å². The maximum absolute atomic E-state index is 9.39. The number of aliphatic hydroxyl groups is 3. The van der Waals surface area contributed by atoms with Gasteiger partial charge in [-0.2, -0.15) is 0 Å². The van der Waals surface area contributed by atoms with Gasteiger partial charge in [0.2, 0.25) is 0 Å². The standard InChI is InChI=1S/C10H18O3/c1-8(5-6-11)3-4-10(13)9(2)7-12/h5,10-13H,2-4,6-7H2,1H3/b8-5+. The Balaban J connectivity index is 3.75. The first kappa shape index (κ1) is 12.4. The summed E-state index contributed by atoms with van der Waals surface area (Å²) in [6.07, 6.45) is 2.31. The summed E-state index contributed by atoms with van der Waals surface area (Å²) in [5, 5.41) is 26.6. The van der Waals surface area contributed by atoms with Gasteiger partial charge in [-0.15, -0.1) is 0 Å². The summed E-state index contributed by atoms with van der Waals surface area (Å²) in [5.41, 5.74) is 1.48. The number of aliphatic hydroxyl groups excluding tert-OH is 3. The van der Waals surface area contributed by atoms with E-state index >= 15 is 0 Å². The second-order valence-electron chi connectivity index (χ2n) is 3.10. The number of allylic oxidation sites excluding steroid dienone is 1. The molecule has 0 aliphatic rings. The molecule has 0 aliphatic carbocycles. The van der Waals surface area contributed by atoms with E-state index in [0.29, 0.717) is 18.4 Å². The molecule has 0 saturated heterocycles. The van der Waals surface area contributed by atoms with Crippen molar-refractivity contribution < 1.29 is 15.3 Å². The molecule has 0 aromatic carbocycles. The van der Waals surface area contributed by atoms with Crippen LogP contribution in [0.15, 0.2) is 23.8 Å². The van der Waals surface area contributed by atoms with Gasteiger partial charge in [-0.25, -0.2) is 0 Å². The van der Waals surface area contributed by atoms with Gasteiger partial charge in [-0.05, 0) is 25.3 Å². The molecular weight excluding hydrogens is 168 g/mol. The third-order valence-electron chi connectivity index (χ3n) is 1.93. The van der Waals surface area contributed by atoms with Crippen LogP contribution >= 0.6 is 0 Å². The summed E-state index contributed by atoms with van der Waals surface area (Å²) in [7, 11) is 0. The lowest BCUT2D eigenvalue weighted by Crippen LogP contribution is -2.12. The van der Waals surface area contributed by atoms with Gasteiger partial charge in [-0.1, -0.05) is 18.2 Å². The minimum atomic E-state index is -0.646. The molecule has 0 aromatic heterocycles. The summed E-state index contributed by atoms with van der Waals surface area (Å²) in [4.78, 5) is 0. The van der Waals surface area contributed by atoms with Crippen molar-refractivity contribution in [3.63, 3.8) is 0 Å². The minimum Gasteiger partial charge on any atom is -0.392 e. The molecular formula is C10H18O3. The summed E-state index contributed by atoms with van der Waals surface area (Å²) in [6, 6.07) is 0. The highest BCUT2D eigenvalue weighted by Gasteiger charge is 2.06. The molecule has 0 rings (SSSR count).